The lowest BCUT2D eigenvalue weighted by Gasteiger charge is -2.38. The fourth-order valence-corrected chi connectivity index (χ4v) is 2.96. The summed E-state index contributed by atoms with van der Waals surface area (Å²) in [5.41, 5.74) is 2.55. The third kappa shape index (κ3) is 2.45. The number of hydrogen-bond donors (Lipinski definition) is 0. The second kappa shape index (κ2) is 6.18. The number of fused-ring (bicyclic) bond motifs is 1. The molecule has 2 aromatic rings. The van der Waals surface area contributed by atoms with Crippen LogP contribution in [-0.4, -0.2) is 20.5 Å². The lowest BCUT2D eigenvalue weighted by Crippen LogP contribution is -2.36. The van der Waals surface area contributed by atoms with Gasteiger partial charge in [0.05, 0.1) is 23.7 Å². The van der Waals surface area contributed by atoms with Crippen molar-refractivity contribution in [2.24, 2.45) is 0 Å². The molecular formula is C18H17NO3. The summed E-state index contributed by atoms with van der Waals surface area (Å²) in [5.74, 6) is 0.600. The Labute approximate surface area is 129 Å². The molecule has 3 rings (SSSR count). The molecule has 1 aliphatic rings. The van der Waals surface area contributed by atoms with Crippen LogP contribution in [0.25, 0.3) is 0 Å². The SMILES string of the molecule is CO[C@@H]1Oc2ccc(C#N)cc2[C@@H](OC)[C@H]1c1ccccc1. The van der Waals surface area contributed by atoms with E-state index in [0.717, 1.165) is 11.1 Å². The van der Waals surface area contributed by atoms with E-state index in [1.807, 2.05) is 36.4 Å². The molecule has 0 N–H and O–H groups in total. The van der Waals surface area contributed by atoms with E-state index in [1.54, 1.807) is 26.4 Å². The predicted molar refractivity (Wildman–Crippen MR) is 81.5 cm³/mol. The van der Waals surface area contributed by atoms with Crippen LogP contribution in [0.5, 0.6) is 5.75 Å². The average molecular weight is 295 g/mol. The molecule has 0 unspecified atom stereocenters. The first kappa shape index (κ1) is 14.6. The summed E-state index contributed by atoms with van der Waals surface area (Å²) in [4.78, 5) is 0. The van der Waals surface area contributed by atoms with E-state index in [-0.39, 0.29) is 12.0 Å². The van der Waals surface area contributed by atoms with Gasteiger partial charge >= 0.3 is 0 Å². The van der Waals surface area contributed by atoms with Crippen LogP contribution in [0.2, 0.25) is 0 Å². The third-order valence-corrected chi connectivity index (χ3v) is 3.98. The molecule has 22 heavy (non-hydrogen) atoms. The Morgan fingerprint density at radius 1 is 1.05 bits per heavy atom. The molecule has 112 valence electrons. The van der Waals surface area contributed by atoms with Crippen LogP contribution >= 0.6 is 0 Å². The Morgan fingerprint density at radius 2 is 1.82 bits per heavy atom. The molecule has 0 aromatic heterocycles. The molecule has 0 fully saturated rings. The number of nitriles is 1. The van der Waals surface area contributed by atoms with Gasteiger partial charge in [0.2, 0.25) is 6.29 Å². The highest BCUT2D eigenvalue weighted by molar-refractivity contribution is 5.46. The second-order valence-corrected chi connectivity index (χ2v) is 5.18. The zero-order valence-corrected chi connectivity index (χ0v) is 12.5. The first-order chi connectivity index (χ1) is 10.8. The Bertz CT molecular complexity index is 693. The van der Waals surface area contributed by atoms with Gasteiger partial charge in [-0.05, 0) is 23.8 Å². The smallest absolute Gasteiger partial charge is 0.209 e. The predicted octanol–water partition coefficient (Wildman–Crippen LogP) is 3.39. The summed E-state index contributed by atoms with van der Waals surface area (Å²) in [5, 5.41) is 9.12. The molecule has 0 bridgehead atoms. The summed E-state index contributed by atoms with van der Waals surface area (Å²) in [6.45, 7) is 0. The Balaban J connectivity index is 2.11. The van der Waals surface area contributed by atoms with Gasteiger partial charge in [-0.15, -0.1) is 0 Å². The normalized spacial score (nSPS) is 23.2. The minimum absolute atomic E-state index is 0.0994. The fourth-order valence-electron chi connectivity index (χ4n) is 2.96. The van der Waals surface area contributed by atoms with Crippen molar-refractivity contribution in [1.82, 2.24) is 0 Å². The van der Waals surface area contributed by atoms with Crippen LogP contribution in [0.3, 0.4) is 0 Å². The van der Waals surface area contributed by atoms with Crippen molar-refractivity contribution in [3.8, 4) is 11.8 Å². The van der Waals surface area contributed by atoms with Crippen molar-refractivity contribution in [1.29, 1.82) is 5.26 Å². The van der Waals surface area contributed by atoms with Crippen LogP contribution < -0.4 is 4.74 Å². The maximum Gasteiger partial charge on any atom is 0.209 e. The van der Waals surface area contributed by atoms with Crippen LogP contribution in [0, 0.1) is 11.3 Å². The van der Waals surface area contributed by atoms with Crippen molar-refractivity contribution < 1.29 is 14.2 Å². The van der Waals surface area contributed by atoms with E-state index < -0.39 is 6.29 Å². The molecule has 4 nitrogen and oxygen atoms in total. The van der Waals surface area contributed by atoms with Crippen molar-refractivity contribution in [3.63, 3.8) is 0 Å². The van der Waals surface area contributed by atoms with E-state index in [0.29, 0.717) is 11.3 Å². The van der Waals surface area contributed by atoms with E-state index in [9.17, 15) is 0 Å². The molecule has 3 atom stereocenters. The van der Waals surface area contributed by atoms with Crippen LogP contribution in [-0.2, 0) is 9.47 Å². The number of nitrogens with zero attached hydrogens (tertiary/aromatic N) is 1. The average Bonchev–Trinajstić information content (AvgIpc) is 2.60. The summed E-state index contributed by atoms with van der Waals surface area (Å²) in [6.07, 6.45) is -0.669. The van der Waals surface area contributed by atoms with E-state index in [2.05, 4.69) is 6.07 Å². The van der Waals surface area contributed by atoms with Crippen molar-refractivity contribution in [2.75, 3.05) is 14.2 Å². The van der Waals surface area contributed by atoms with Gasteiger partial charge in [-0.3, -0.25) is 0 Å². The highest BCUT2D eigenvalue weighted by Crippen LogP contribution is 2.46. The summed E-state index contributed by atoms with van der Waals surface area (Å²) < 4.78 is 17.3. The molecule has 0 radical (unpaired) electrons. The quantitative estimate of drug-likeness (QED) is 0.871. The van der Waals surface area contributed by atoms with Gasteiger partial charge in [0.25, 0.3) is 0 Å². The topological polar surface area (TPSA) is 51.5 Å². The first-order valence-corrected chi connectivity index (χ1v) is 7.09. The van der Waals surface area contributed by atoms with E-state index in [4.69, 9.17) is 19.5 Å². The van der Waals surface area contributed by atoms with Gasteiger partial charge in [-0.25, -0.2) is 0 Å². The monoisotopic (exact) mass is 295 g/mol. The fraction of sp³-hybridized carbons (Fsp3) is 0.278. The molecule has 4 heteroatoms. The lowest BCUT2D eigenvalue weighted by atomic mass is 9.85. The summed E-state index contributed by atoms with van der Waals surface area (Å²) in [6, 6.07) is 17.5. The maximum absolute atomic E-state index is 9.12. The molecule has 0 aliphatic carbocycles. The summed E-state index contributed by atoms with van der Waals surface area (Å²) >= 11 is 0. The van der Waals surface area contributed by atoms with Crippen LogP contribution in [0.4, 0.5) is 0 Å². The molecule has 2 aromatic carbocycles. The minimum Gasteiger partial charge on any atom is -0.464 e. The highest BCUT2D eigenvalue weighted by Gasteiger charge is 2.40. The maximum atomic E-state index is 9.12. The second-order valence-electron chi connectivity index (χ2n) is 5.18. The minimum atomic E-state index is -0.437. The molecule has 0 saturated heterocycles. The van der Waals surface area contributed by atoms with Crippen molar-refractivity contribution in [2.45, 2.75) is 18.3 Å². The largest absolute Gasteiger partial charge is 0.464 e. The number of rotatable bonds is 3. The highest BCUT2D eigenvalue weighted by atomic mass is 16.7. The molecule has 0 saturated carbocycles. The lowest BCUT2D eigenvalue weighted by molar-refractivity contribution is -0.119. The third-order valence-electron chi connectivity index (χ3n) is 3.98. The Kier molecular flexibility index (Phi) is 4.10. The summed E-state index contributed by atoms with van der Waals surface area (Å²) in [7, 11) is 3.30. The van der Waals surface area contributed by atoms with Crippen molar-refractivity contribution >= 4 is 0 Å². The molecular weight excluding hydrogens is 278 g/mol. The van der Waals surface area contributed by atoms with Gasteiger partial charge in [0.1, 0.15) is 5.75 Å². The van der Waals surface area contributed by atoms with Gasteiger partial charge in [0, 0.05) is 19.8 Å². The van der Waals surface area contributed by atoms with Gasteiger partial charge in [-0.1, -0.05) is 30.3 Å². The zero-order chi connectivity index (χ0) is 15.5. The molecule has 1 heterocycles. The van der Waals surface area contributed by atoms with E-state index in [1.165, 1.54) is 0 Å². The standard InChI is InChI=1S/C18H17NO3/c1-20-17-14-10-12(11-19)8-9-15(14)22-18(21-2)16(17)13-6-4-3-5-7-13/h3-10,16-18H,1-2H3/t16-,17-,18-/m1/s1. The Hall–Kier alpha value is -2.35. The molecule has 0 amide bonds. The van der Waals surface area contributed by atoms with Gasteiger partial charge in [-0.2, -0.15) is 5.26 Å². The van der Waals surface area contributed by atoms with Gasteiger partial charge < -0.3 is 14.2 Å². The van der Waals surface area contributed by atoms with Crippen molar-refractivity contribution in [3.05, 3.63) is 65.2 Å². The van der Waals surface area contributed by atoms with Crippen LogP contribution in [0.15, 0.2) is 48.5 Å². The number of methoxy groups -OCH3 is 2. The molecule has 1 aliphatic heterocycles. The number of ether oxygens (including phenoxy) is 3. The van der Waals surface area contributed by atoms with E-state index >= 15 is 0 Å². The number of hydrogen-bond acceptors (Lipinski definition) is 4. The zero-order valence-electron chi connectivity index (χ0n) is 12.5. The van der Waals surface area contributed by atoms with Gasteiger partial charge in [0.15, 0.2) is 0 Å². The number of benzene rings is 2. The first-order valence-electron chi connectivity index (χ1n) is 7.09. The molecule has 0 spiro atoms. The van der Waals surface area contributed by atoms with Crippen LogP contribution in [0.1, 0.15) is 28.7 Å². The Morgan fingerprint density at radius 3 is 2.45 bits per heavy atom.